The average molecular weight is 230 g/mol. The topological polar surface area (TPSA) is 20.2 Å². The molecular weight excluding hydrogens is 208 g/mol. The number of hydrogen-bond acceptors (Lipinski definition) is 1. The van der Waals surface area contributed by atoms with Crippen LogP contribution in [0.3, 0.4) is 0 Å². The molecule has 0 aromatic heterocycles. The van der Waals surface area contributed by atoms with Crippen molar-refractivity contribution in [1.82, 2.24) is 0 Å². The van der Waals surface area contributed by atoms with Gasteiger partial charge in [-0.3, -0.25) is 0 Å². The third-order valence-electron chi connectivity index (χ3n) is 2.47. The zero-order chi connectivity index (χ0) is 10.7. The molecular formula is C16H22O. The lowest BCUT2D eigenvalue weighted by Crippen LogP contribution is -1.87. The molecule has 0 fully saturated rings. The predicted molar refractivity (Wildman–Crippen MR) is 75.6 cm³/mol. The third kappa shape index (κ3) is 4.31. The van der Waals surface area contributed by atoms with Crippen molar-refractivity contribution in [2.75, 3.05) is 0 Å². The second-order valence-electron chi connectivity index (χ2n) is 3.83. The Morgan fingerprint density at radius 1 is 0.765 bits per heavy atom. The smallest absolute Gasteiger partial charge is 0.115 e. The van der Waals surface area contributed by atoms with Crippen molar-refractivity contribution in [3.8, 4) is 5.75 Å². The van der Waals surface area contributed by atoms with E-state index in [-0.39, 0.29) is 14.9 Å². The Labute approximate surface area is 105 Å². The maximum absolute atomic E-state index is 9.16. The van der Waals surface area contributed by atoms with Gasteiger partial charge in [-0.15, -0.1) is 0 Å². The molecule has 0 aliphatic rings. The van der Waals surface area contributed by atoms with Crippen LogP contribution in [0.1, 0.15) is 31.5 Å². The van der Waals surface area contributed by atoms with Crippen LogP contribution in [0.5, 0.6) is 5.75 Å². The molecule has 0 aliphatic heterocycles. The standard InChI is InChI=1S/C14H14O.2CH4/c1-11-2-4-12(5-3-11)10-13-6-8-14(15)9-7-13;;/h2-9,15H,10H2,1H3;2*1H4. The van der Waals surface area contributed by atoms with Crippen LogP contribution in [0.2, 0.25) is 0 Å². The van der Waals surface area contributed by atoms with Crippen molar-refractivity contribution in [2.45, 2.75) is 28.2 Å². The summed E-state index contributed by atoms with van der Waals surface area (Å²) in [5.41, 5.74) is 3.80. The molecule has 1 nitrogen and oxygen atoms in total. The number of rotatable bonds is 2. The van der Waals surface area contributed by atoms with Crippen molar-refractivity contribution in [3.63, 3.8) is 0 Å². The summed E-state index contributed by atoms with van der Waals surface area (Å²) in [5, 5.41) is 9.16. The second-order valence-corrected chi connectivity index (χ2v) is 3.83. The maximum atomic E-state index is 9.16. The van der Waals surface area contributed by atoms with Crippen LogP contribution < -0.4 is 0 Å². The molecule has 2 aromatic carbocycles. The van der Waals surface area contributed by atoms with E-state index in [2.05, 4.69) is 31.2 Å². The Hall–Kier alpha value is -1.76. The number of benzene rings is 2. The van der Waals surface area contributed by atoms with Gasteiger partial charge in [0.1, 0.15) is 5.75 Å². The van der Waals surface area contributed by atoms with E-state index in [1.54, 1.807) is 12.1 Å². The number of phenolic OH excluding ortho intramolecular Hbond substituents is 1. The van der Waals surface area contributed by atoms with E-state index < -0.39 is 0 Å². The lowest BCUT2D eigenvalue weighted by atomic mass is 10.0. The zero-order valence-electron chi connectivity index (χ0n) is 8.77. The first kappa shape index (κ1) is 15.2. The molecule has 1 N–H and O–H groups in total. The largest absolute Gasteiger partial charge is 0.508 e. The van der Waals surface area contributed by atoms with Crippen LogP contribution in [0.15, 0.2) is 48.5 Å². The van der Waals surface area contributed by atoms with Gasteiger partial charge in [0.25, 0.3) is 0 Å². The summed E-state index contributed by atoms with van der Waals surface area (Å²) in [7, 11) is 0. The molecule has 2 rings (SSSR count). The highest BCUT2D eigenvalue weighted by atomic mass is 16.3. The summed E-state index contributed by atoms with van der Waals surface area (Å²) < 4.78 is 0. The second kappa shape index (κ2) is 6.74. The molecule has 0 radical (unpaired) electrons. The Balaban J connectivity index is 0.00000128. The number of phenols is 1. The molecule has 0 unspecified atom stereocenters. The Bertz CT molecular complexity index is 383. The highest BCUT2D eigenvalue weighted by molar-refractivity contribution is 5.31. The molecule has 2 aromatic rings. The Morgan fingerprint density at radius 2 is 1.18 bits per heavy atom. The first-order chi connectivity index (χ1) is 7.24. The number of aryl methyl sites for hydroxylation is 1. The van der Waals surface area contributed by atoms with Gasteiger partial charge in [0.2, 0.25) is 0 Å². The highest BCUT2D eigenvalue weighted by Gasteiger charge is 1.96. The molecule has 92 valence electrons. The molecule has 17 heavy (non-hydrogen) atoms. The van der Waals surface area contributed by atoms with E-state index >= 15 is 0 Å². The van der Waals surface area contributed by atoms with Crippen LogP contribution in [0.25, 0.3) is 0 Å². The Kier molecular flexibility index (Phi) is 6.05. The molecule has 0 atom stereocenters. The van der Waals surface area contributed by atoms with Crippen LogP contribution in [-0.2, 0) is 6.42 Å². The first-order valence-corrected chi connectivity index (χ1v) is 5.07. The lowest BCUT2D eigenvalue weighted by molar-refractivity contribution is 0.475. The molecule has 1 heteroatoms. The summed E-state index contributed by atoms with van der Waals surface area (Å²) in [6.45, 7) is 2.09. The minimum absolute atomic E-state index is 0. The first-order valence-electron chi connectivity index (χ1n) is 5.07. The van der Waals surface area contributed by atoms with E-state index in [1.807, 2.05) is 12.1 Å². The zero-order valence-corrected chi connectivity index (χ0v) is 8.77. The van der Waals surface area contributed by atoms with Gasteiger partial charge in [-0.25, -0.2) is 0 Å². The van der Waals surface area contributed by atoms with Crippen LogP contribution >= 0.6 is 0 Å². The summed E-state index contributed by atoms with van der Waals surface area (Å²) in [6, 6.07) is 15.9. The van der Waals surface area contributed by atoms with Crippen molar-refractivity contribution in [3.05, 3.63) is 65.2 Å². The molecule has 0 saturated carbocycles. The minimum Gasteiger partial charge on any atom is -0.508 e. The Morgan fingerprint density at radius 3 is 1.65 bits per heavy atom. The molecule has 0 amide bonds. The molecule has 0 bridgehead atoms. The third-order valence-corrected chi connectivity index (χ3v) is 2.47. The number of hydrogen-bond donors (Lipinski definition) is 1. The minimum atomic E-state index is 0. The lowest BCUT2D eigenvalue weighted by Gasteiger charge is -2.02. The van der Waals surface area contributed by atoms with Gasteiger partial charge in [-0.05, 0) is 36.6 Å². The van der Waals surface area contributed by atoms with Gasteiger partial charge < -0.3 is 5.11 Å². The summed E-state index contributed by atoms with van der Waals surface area (Å²) in [4.78, 5) is 0. The van der Waals surface area contributed by atoms with Crippen molar-refractivity contribution < 1.29 is 5.11 Å². The molecule has 0 aliphatic carbocycles. The van der Waals surface area contributed by atoms with E-state index in [0.29, 0.717) is 5.75 Å². The average Bonchev–Trinajstić information content (AvgIpc) is 2.25. The molecule has 0 heterocycles. The van der Waals surface area contributed by atoms with Gasteiger partial charge >= 0.3 is 0 Å². The van der Waals surface area contributed by atoms with Gasteiger partial charge in [-0.2, -0.15) is 0 Å². The normalized spacial score (nSPS) is 9.00. The maximum Gasteiger partial charge on any atom is 0.115 e. The fraction of sp³-hybridized carbons (Fsp3) is 0.250. The van der Waals surface area contributed by atoms with Gasteiger partial charge in [0.15, 0.2) is 0 Å². The monoisotopic (exact) mass is 230 g/mol. The SMILES string of the molecule is C.C.Cc1ccc(Cc2ccc(O)cc2)cc1. The summed E-state index contributed by atoms with van der Waals surface area (Å²) >= 11 is 0. The predicted octanol–water partition coefficient (Wildman–Crippen LogP) is 4.56. The van der Waals surface area contributed by atoms with Gasteiger partial charge in [0, 0.05) is 0 Å². The highest BCUT2D eigenvalue weighted by Crippen LogP contribution is 2.14. The molecule has 0 saturated heterocycles. The van der Waals surface area contributed by atoms with E-state index in [4.69, 9.17) is 5.11 Å². The van der Waals surface area contributed by atoms with Crippen LogP contribution in [-0.4, -0.2) is 5.11 Å². The van der Waals surface area contributed by atoms with Crippen molar-refractivity contribution in [2.24, 2.45) is 0 Å². The van der Waals surface area contributed by atoms with E-state index in [9.17, 15) is 0 Å². The molecule has 0 spiro atoms. The van der Waals surface area contributed by atoms with Crippen molar-refractivity contribution in [1.29, 1.82) is 0 Å². The van der Waals surface area contributed by atoms with E-state index in [1.165, 1.54) is 16.7 Å². The fourth-order valence-electron chi connectivity index (χ4n) is 1.56. The van der Waals surface area contributed by atoms with E-state index in [0.717, 1.165) is 6.42 Å². The van der Waals surface area contributed by atoms with Crippen molar-refractivity contribution >= 4 is 0 Å². The summed E-state index contributed by atoms with van der Waals surface area (Å²) in [5.74, 6) is 0.322. The van der Waals surface area contributed by atoms with Gasteiger partial charge in [-0.1, -0.05) is 56.8 Å². The van der Waals surface area contributed by atoms with Gasteiger partial charge in [0.05, 0.1) is 0 Å². The quantitative estimate of drug-likeness (QED) is 0.801. The summed E-state index contributed by atoms with van der Waals surface area (Å²) in [6.07, 6.45) is 0.917. The van der Waals surface area contributed by atoms with Crippen LogP contribution in [0, 0.1) is 6.92 Å². The number of aromatic hydroxyl groups is 1. The van der Waals surface area contributed by atoms with Crippen LogP contribution in [0.4, 0.5) is 0 Å². The fourth-order valence-corrected chi connectivity index (χ4v) is 1.56.